The van der Waals surface area contributed by atoms with Crippen molar-refractivity contribution < 1.29 is 9.50 Å². The van der Waals surface area contributed by atoms with Crippen LogP contribution in [0.25, 0.3) is 0 Å². The molecule has 164 valence electrons. The fourth-order valence-electron chi connectivity index (χ4n) is 8.47. The fraction of sp³-hybridized carbons (Fsp3) is 0.852. The Morgan fingerprint density at radius 1 is 1.21 bits per heavy atom. The second-order valence-corrected chi connectivity index (χ2v) is 11.6. The average molecular weight is 403 g/mol. The minimum atomic E-state index is -0.300. The van der Waals surface area contributed by atoms with Gasteiger partial charge in [-0.05, 0) is 117 Å². The Labute approximate surface area is 178 Å². The lowest BCUT2D eigenvalue weighted by atomic mass is 9.47. The maximum atomic E-state index is 12.7. The second kappa shape index (κ2) is 8.13. The molecule has 0 aliphatic heterocycles. The van der Waals surface area contributed by atoms with Gasteiger partial charge in [-0.1, -0.05) is 38.5 Å². The molecule has 0 amide bonds. The number of rotatable bonds is 5. The molecule has 3 saturated carbocycles. The summed E-state index contributed by atoms with van der Waals surface area (Å²) < 4.78 is 12.7. The molecule has 0 aromatic carbocycles. The van der Waals surface area contributed by atoms with Gasteiger partial charge in [-0.15, -0.1) is 0 Å². The molecule has 0 aromatic rings. The van der Waals surface area contributed by atoms with Crippen LogP contribution in [0.1, 0.15) is 91.9 Å². The molecule has 4 rings (SSSR count). The summed E-state index contributed by atoms with van der Waals surface area (Å²) in [6.45, 7) is 9.22. The molecule has 2 heteroatoms. The van der Waals surface area contributed by atoms with E-state index in [4.69, 9.17) is 0 Å². The van der Waals surface area contributed by atoms with Crippen molar-refractivity contribution in [1.29, 1.82) is 0 Å². The van der Waals surface area contributed by atoms with Crippen LogP contribution in [0.5, 0.6) is 0 Å². The first-order valence-corrected chi connectivity index (χ1v) is 12.4. The van der Waals surface area contributed by atoms with Crippen LogP contribution in [-0.4, -0.2) is 17.9 Å². The summed E-state index contributed by atoms with van der Waals surface area (Å²) in [7, 11) is 0. The van der Waals surface area contributed by atoms with Crippen LogP contribution in [0.4, 0.5) is 4.39 Å². The largest absolute Gasteiger partial charge is 0.393 e. The Kier molecular flexibility index (Phi) is 6.06. The first-order chi connectivity index (χ1) is 13.8. The maximum Gasteiger partial charge on any atom is 0.110 e. The van der Waals surface area contributed by atoms with Crippen LogP contribution >= 0.6 is 0 Å². The monoisotopic (exact) mass is 402 g/mol. The summed E-state index contributed by atoms with van der Waals surface area (Å²) in [5, 5.41) is 10.2. The van der Waals surface area contributed by atoms with Gasteiger partial charge in [-0.2, -0.15) is 0 Å². The van der Waals surface area contributed by atoms with Crippen LogP contribution in [0.15, 0.2) is 23.3 Å². The molecule has 8 atom stereocenters. The summed E-state index contributed by atoms with van der Waals surface area (Å²) in [5.74, 6) is 4.12. The van der Waals surface area contributed by atoms with Crippen molar-refractivity contribution >= 4 is 0 Å². The number of allylic oxidation sites excluding steroid dienone is 3. The molecule has 0 heterocycles. The van der Waals surface area contributed by atoms with E-state index in [0.29, 0.717) is 10.8 Å². The zero-order valence-corrected chi connectivity index (χ0v) is 19.2. The van der Waals surface area contributed by atoms with Crippen molar-refractivity contribution in [2.45, 2.75) is 98.0 Å². The van der Waals surface area contributed by atoms with E-state index in [1.165, 1.54) is 44.9 Å². The Morgan fingerprint density at radius 2 is 2.00 bits per heavy atom. The lowest BCUT2D eigenvalue weighted by Crippen LogP contribution is -2.50. The lowest BCUT2D eigenvalue weighted by Gasteiger charge is -2.58. The fourth-order valence-corrected chi connectivity index (χ4v) is 8.47. The highest BCUT2D eigenvalue weighted by molar-refractivity contribution is 5.25. The summed E-state index contributed by atoms with van der Waals surface area (Å²) in [5.41, 5.74) is 3.32. The van der Waals surface area contributed by atoms with Crippen molar-refractivity contribution in [2.75, 3.05) is 6.67 Å². The van der Waals surface area contributed by atoms with E-state index >= 15 is 0 Å². The topological polar surface area (TPSA) is 20.2 Å². The van der Waals surface area contributed by atoms with Gasteiger partial charge in [0.15, 0.2) is 0 Å². The second-order valence-electron chi connectivity index (χ2n) is 11.6. The van der Waals surface area contributed by atoms with Gasteiger partial charge in [0.1, 0.15) is 6.67 Å². The Balaban J connectivity index is 1.48. The zero-order chi connectivity index (χ0) is 20.8. The van der Waals surface area contributed by atoms with E-state index in [2.05, 4.69) is 32.9 Å². The van der Waals surface area contributed by atoms with Gasteiger partial charge in [0.05, 0.1) is 6.10 Å². The SMILES string of the molecule is C/C(=C\CCC(C)C1CCC2C3CC=C4CC(O)CCC4(C)C3CCC12C)CF. The average Bonchev–Trinajstić information content (AvgIpc) is 3.05. The third-order valence-corrected chi connectivity index (χ3v) is 10.2. The highest BCUT2D eigenvalue weighted by Gasteiger charge is 2.59. The third-order valence-electron chi connectivity index (χ3n) is 10.2. The Morgan fingerprint density at radius 3 is 2.76 bits per heavy atom. The molecular weight excluding hydrogens is 359 g/mol. The van der Waals surface area contributed by atoms with Gasteiger partial charge in [0, 0.05) is 0 Å². The van der Waals surface area contributed by atoms with E-state index in [1.807, 2.05) is 6.92 Å². The molecule has 4 aliphatic rings. The third kappa shape index (κ3) is 3.66. The van der Waals surface area contributed by atoms with Crippen LogP contribution in [0.3, 0.4) is 0 Å². The summed E-state index contributed by atoms with van der Waals surface area (Å²) in [4.78, 5) is 0. The molecule has 3 fully saturated rings. The molecular formula is C27H43FO. The van der Waals surface area contributed by atoms with Crippen LogP contribution in [-0.2, 0) is 0 Å². The number of hydrogen-bond acceptors (Lipinski definition) is 1. The maximum absolute atomic E-state index is 12.7. The molecule has 4 aliphatic carbocycles. The number of aliphatic hydroxyl groups excluding tert-OH is 1. The van der Waals surface area contributed by atoms with Gasteiger partial charge in [0.2, 0.25) is 0 Å². The van der Waals surface area contributed by atoms with Gasteiger partial charge in [-0.3, -0.25) is 0 Å². The molecule has 0 bridgehead atoms. The van der Waals surface area contributed by atoms with E-state index in [0.717, 1.165) is 54.4 Å². The molecule has 29 heavy (non-hydrogen) atoms. The predicted octanol–water partition coefficient (Wildman–Crippen LogP) is 7.26. The van der Waals surface area contributed by atoms with Crippen molar-refractivity contribution in [3.63, 3.8) is 0 Å². The Hall–Kier alpha value is -0.630. The van der Waals surface area contributed by atoms with Crippen LogP contribution in [0.2, 0.25) is 0 Å². The van der Waals surface area contributed by atoms with E-state index in [-0.39, 0.29) is 12.8 Å². The number of fused-ring (bicyclic) bond motifs is 5. The molecule has 0 spiro atoms. The molecule has 1 N–H and O–H groups in total. The molecule has 0 aromatic heterocycles. The molecule has 1 nitrogen and oxygen atoms in total. The zero-order valence-electron chi connectivity index (χ0n) is 19.2. The van der Waals surface area contributed by atoms with E-state index in [9.17, 15) is 9.50 Å². The number of hydrogen-bond donors (Lipinski definition) is 1. The first-order valence-electron chi connectivity index (χ1n) is 12.4. The minimum Gasteiger partial charge on any atom is -0.393 e. The number of aliphatic hydroxyl groups is 1. The van der Waals surface area contributed by atoms with Gasteiger partial charge in [-0.25, -0.2) is 4.39 Å². The Bertz CT molecular complexity index is 665. The number of alkyl halides is 1. The van der Waals surface area contributed by atoms with Crippen LogP contribution < -0.4 is 0 Å². The lowest BCUT2D eigenvalue weighted by molar-refractivity contribution is -0.0571. The summed E-state index contributed by atoms with van der Waals surface area (Å²) >= 11 is 0. The normalized spacial score (nSPS) is 45.8. The quantitative estimate of drug-likeness (QED) is 0.480. The predicted molar refractivity (Wildman–Crippen MR) is 119 cm³/mol. The minimum absolute atomic E-state index is 0.105. The highest BCUT2D eigenvalue weighted by Crippen LogP contribution is 2.67. The van der Waals surface area contributed by atoms with E-state index in [1.54, 1.807) is 5.57 Å². The number of halogens is 1. The highest BCUT2D eigenvalue weighted by atomic mass is 19.1. The van der Waals surface area contributed by atoms with Gasteiger partial charge >= 0.3 is 0 Å². The van der Waals surface area contributed by atoms with Crippen LogP contribution in [0, 0.1) is 40.4 Å². The standard InChI is InChI=1S/C27H43FO/c1-18(17-28)6-5-7-19(2)23-10-11-24-22-9-8-20-16-21(29)12-14-26(20,3)25(22)13-15-27(23,24)4/h6,8,19,21-25,29H,5,7,9-17H2,1-4H3/b18-6+. The van der Waals surface area contributed by atoms with Crippen molar-refractivity contribution in [3.8, 4) is 0 Å². The van der Waals surface area contributed by atoms with E-state index < -0.39 is 0 Å². The van der Waals surface area contributed by atoms with Gasteiger partial charge in [0.25, 0.3) is 0 Å². The first kappa shape index (κ1) is 21.6. The summed E-state index contributed by atoms with van der Waals surface area (Å²) in [6.07, 6.45) is 16.7. The van der Waals surface area contributed by atoms with Crippen molar-refractivity contribution in [3.05, 3.63) is 23.3 Å². The molecule has 0 saturated heterocycles. The van der Waals surface area contributed by atoms with Crippen molar-refractivity contribution in [2.24, 2.45) is 40.4 Å². The summed E-state index contributed by atoms with van der Waals surface area (Å²) in [6, 6.07) is 0. The molecule has 0 radical (unpaired) electrons. The van der Waals surface area contributed by atoms with Gasteiger partial charge < -0.3 is 5.11 Å². The molecule has 8 unspecified atom stereocenters. The smallest absolute Gasteiger partial charge is 0.110 e. The van der Waals surface area contributed by atoms with Crippen molar-refractivity contribution in [1.82, 2.24) is 0 Å².